The molecule has 4 nitrogen and oxygen atoms in total. The Bertz CT molecular complexity index is 1660. The summed E-state index contributed by atoms with van der Waals surface area (Å²) in [7, 11) is 0. The second kappa shape index (κ2) is 11.0. The van der Waals surface area contributed by atoms with Crippen LogP contribution in [0.2, 0.25) is 0 Å². The SMILES string of the molecule is CC(C)(C)c1ccc(-c2nnc(-c3ccc(-c4ccc(-c5nnc(-c6ccc(C(C)(C)C)cc6)s5)cc4)cc3)s2)cc1. The van der Waals surface area contributed by atoms with Crippen molar-refractivity contribution in [3.8, 4) is 53.4 Å². The van der Waals surface area contributed by atoms with Gasteiger partial charge in [-0.3, -0.25) is 0 Å². The van der Waals surface area contributed by atoms with Gasteiger partial charge in [0.05, 0.1) is 0 Å². The zero-order valence-corrected chi connectivity index (χ0v) is 26.5. The minimum absolute atomic E-state index is 0.133. The third kappa shape index (κ3) is 5.96. The van der Waals surface area contributed by atoms with Crippen LogP contribution in [0.5, 0.6) is 0 Å². The van der Waals surface area contributed by atoms with Crippen molar-refractivity contribution in [3.63, 3.8) is 0 Å². The molecule has 0 bridgehead atoms. The fourth-order valence-corrected chi connectivity index (χ4v) is 6.46. The van der Waals surface area contributed by atoms with Gasteiger partial charge in [-0.15, -0.1) is 20.4 Å². The molecule has 0 saturated carbocycles. The number of benzene rings is 4. The highest BCUT2D eigenvalue weighted by molar-refractivity contribution is 7.18. The van der Waals surface area contributed by atoms with Crippen LogP contribution in [-0.2, 0) is 10.8 Å². The number of nitrogens with zero attached hydrogens (tertiary/aromatic N) is 4. The topological polar surface area (TPSA) is 51.6 Å². The molecular formula is C36H34N4S2. The van der Waals surface area contributed by atoms with E-state index in [0.29, 0.717) is 0 Å². The molecule has 2 heterocycles. The Kier molecular flexibility index (Phi) is 7.37. The molecular weight excluding hydrogens is 553 g/mol. The van der Waals surface area contributed by atoms with Gasteiger partial charge < -0.3 is 0 Å². The van der Waals surface area contributed by atoms with Gasteiger partial charge in [0.1, 0.15) is 20.0 Å². The van der Waals surface area contributed by atoms with Crippen LogP contribution < -0.4 is 0 Å². The van der Waals surface area contributed by atoms with E-state index in [1.807, 2.05) is 0 Å². The first-order chi connectivity index (χ1) is 20.0. The molecule has 4 aromatic carbocycles. The summed E-state index contributed by atoms with van der Waals surface area (Å²) >= 11 is 3.24. The van der Waals surface area contributed by atoms with Crippen LogP contribution in [0.4, 0.5) is 0 Å². The van der Waals surface area contributed by atoms with E-state index in [0.717, 1.165) is 53.4 Å². The molecule has 42 heavy (non-hydrogen) atoms. The second-order valence-electron chi connectivity index (χ2n) is 12.6. The highest BCUT2D eigenvalue weighted by Gasteiger charge is 2.16. The molecule has 210 valence electrons. The lowest BCUT2D eigenvalue weighted by Crippen LogP contribution is -2.10. The summed E-state index contributed by atoms with van der Waals surface area (Å²) in [5, 5.41) is 21.6. The van der Waals surface area contributed by atoms with Gasteiger partial charge in [0.25, 0.3) is 0 Å². The Labute approximate surface area is 256 Å². The standard InChI is InChI=1S/C36H34N4S2/c1-35(2,3)29-19-15-27(16-20-29)33-39-37-31(41-33)25-11-7-23(8-12-25)24-9-13-26(14-10-24)32-38-40-34(42-32)28-17-21-30(22-18-28)36(4,5)6/h7-22H,1-6H3. The molecule has 0 radical (unpaired) electrons. The van der Waals surface area contributed by atoms with E-state index < -0.39 is 0 Å². The fraction of sp³-hybridized carbons (Fsp3) is 0.222. The summed E-state index contributed by atoms with van der Waals surface area (Å²) in [5.41, 5.74) is 9.55. The van der Waals surface area contributed by atoms with Gasteiger partial charge in [0, 0.05) is 22.3 Å². The molecule has 0 N–H and O–H groups in total. The van der Waals surface area contributed by atoms with Gasteiger partial charge in [-0.05, 0) is 33.1 Å². The molecule has 0 aliphatic carbocycles. The Hall–Kier alpha value is -4.00. The maximum absolute atomic E-state index is 4.48. The van der Waals surface area contributed by atoms with Crippen LogP contribution >= 0.6 is 22.7 Å². The van der Waals surface area contributed by atoms with Gasteiger partial charge in [-0.25, -0.2) is 0 Å². The van der Waals surface area contributed by atoms with E-state index in [4.69, 9.17) is 0 Å². The molecule has 6 rings (SSSR count). The molecule has 2 aromatic heterocycles. The molecule has 0 atom stereocenters. The Morgan fingerprint density at radius 2 is 0.548 bits per heavy atom. The number of aromatic nitrogens is 4. The van der Waals surface area contributed by atoms with Crippen molar-refractivity contribution in [2.45, 2.75) is 52.4 Å². The molecule has 0 saturated heterocycles. The first-order valence-corrected chi connectivity index (χ1v) is 15.8. The van der Waals surface area contributed by atoms with E-state index >= 15 is 0 Å². The normalized spacial score (nSPS) is 12.0. The third-order valence-electron chi connectivity index (χ3n) is 7.44. The van der Waals surface area contributed by atoms with Crippen molar-refractivity contribution in [2.24, 2.45) is 0 Å². The maximum atomic E-state index is 4.48. The van der Waals surface area contributed by atoms with Crippen LogP contribution in [0, 0.1) is 0 Å². The Morgan fingerprint density at radius 3 is 0.786 bits per heavy atom. The summed E-state index contributed by atoms with van der Waals surface area (Å²) in [4.78, 5) is 0. The van der Waals surface area contributed by atoms with Crippen molar-refractivity contribution >= 4 is 22.7 Å². The van der Waals surface area contributed by atoms with Crippen LogP contribution in [0.1, 0.15) is 52.7 Å². The molecule has 0 unspecified atom stereocenters. The van der Waals surface area contributed by atoms with Crippen LogP contribution in [0.25, 0.3) is 53.4 Å². The summed E-state index contributed by atoms with van der Waals surface area (Å²) in [5.74, 6) is 0. The number of hydrogen-bond acceptors (Lipinski definition) is 6. The number of hydrogen-bond donors (Lipinski definition) is 0. The minimum Gasteiger partial charge on any atom is -0.138 e. The summed E-state index contributed by atoms with van der Waals surface area (Å²) in [6, 6.07) is 34.4. The zero-order valence-electron chi connectivity index (χ0n) is 24.8. The molecule has 6 heteroatoms. The van der Waals surface area contributed by atoms with Crippen molar-refractivity contribution in [1.29, 1.82) is 0 Å². The molecule has 0 aliphatic rings. The van der Waals surface area contributed by atoms with Gasteiger partial charge >= 0.3 is 0 Å². The monoisotopic (exact) mass is 586 g/mol. The van der Waals surface area contributed by atoms with Gasteiger partial charge in [-0.1, -0.05) is 161 Å². The van der Waals surface area contributed by atoms with Crippen molar-refractivity contribution in [3.05, 3.63) is 108 Å². The van der Waals surface area contributed by atoms with Crippen LogP contribution in [0.15, 0.2) is 97.1 Å². The third-order valence-corrected chi connectivity index (χ3v) is 9.49. The van der Waals surface area contributed by atoms with Crippen LogP contribution in [-0.4, -0.2) is 20.4 Å². The lowest BCUT2D eigenvalue weighted by molar-refractivity contribution is 0.590. The van der Waals surface area contributed by atoms with Gasteiger partial charge in [0.2, 0.25) is 0 Å². The predicted molar refractivity (Wildman–Crippen MR) is 178 cm³/mol. The van der Waals surface area contributed by atoms with Crippen molar-refractivity contribution in [1.82, 2.24) is 20.4 Å². The first kappa shape index (κ1) is 28.1. The largest absolute Gasteiger partial charge is 0.148 e. The second-order valence-corrected chi connectivity index (χ2v) is 14.6. The lowest BCUT2D eigenvalue weighted by atomic mass is 9.87. The Morgan fingerprint density at radius 1 is 0.333 bits per heavy atom. The van der Waals surface area contributed by atoms with E-state index in [1.54, 1.807) is 22.7 Å². The molecule has 0 amide bonds. The highest BCUT2D eigenvalue weighted by atomic mass is 32.1. The molecule has 0 fully saturated rings. The van der Waals surface area contributed by atoms with Gasteiger partial charge in [0.15, 0.2) is 0 Å². The molecule has 0 aliphatic heterocycles. The quantitative estimate of drug-likeness (QED) is 0.202. The van der Waals surface area contributed by atoms with Crippen LogP contribution in [0.3, 0.4) is 0 Å². The maximum Gasteiger partial charge on any atom is 0.148 e. The van der Waals surface area contributed by atoms with E-state index in [-0.39, 0.29) is 10.8 Å². The van der Waals surface area contributed by atoms with Crippen molar-refractivity contribution < 1.29 is 0 Å². The summed E-state index contributed by atoms with van der Waals surface area (Å²) < 4.78 is 0. The van der Waals surface area contributed by atoms with E-state index in [9.17, 15) is 0 Å². The molecule has 6 aromatic rings. The molecule has 0 spiro atoms. The van der Waals surface area contributed by atoms with E-state index in [2.05, 4.69) is 159 Å². The average Bonchev–Trinajstić information content (AvgIpc) is 3.68. The van der Waals surface area contributed by atoms with Crippen molar-refractivity contribution in [2.75, 3.05) is 0 Å². The summed E-state index contributed by atoms with van der Waals surface area (Å²) in [6.07, 6.45) is 0. The minimum atomic E-state index is 0.133. The average molecular weight is 587 g/mol. The highest BCUT2D eigenvalue weighted by Crippen LogP contribution is 2.35. The number of rotatable bonds is 5. The van der Waals surface area contributed by atoms with E-state index in [1.165, 1.54) is 11.1 Å². The predicted octanol–water partition coefficient (Wildman–Crippen LogP) is 10.3. The Balaban J connectivity index is 1.15. The lowest BCUT2D eigenvalue weighted by Gasteiger charge is -2.18. The summed E-state index contributed by atoms with van der Waals surface area (Å²) in [6.45, 7) is 13.4. The smallest absolute Gasteiger partial charge is 0.138 e. The van der Waals surface area contributed by atoms with Gasteiger partial charge in [-0.2, -0.15) is 0 Å². The fourth-order valence-electron chi connectivity index (χ4n) is 4.75. The first-order valence-electron chi connectivity index (χ1n) is 14.1. The zero-order chi connectivity index (χ0) is 29.5.